The molecule has 0 radical (unpaired) electrons. The zero-order valence-electron chi connectivity index (χ0n) is 16.2. The third-order valence-corrected chi connectivity index (χ3v) is 4.95. The van der Waals surface area contributed by atoms with Crippen molar-refractivity contribution >= 4 is 0 Å². The number of nitrogens with zero attached hydrogens (tertiary/aromatic N) is 2. The van der Waals surface area contributed by atoms with Crippen molar-refractivity contribution in [1.82, 2.24) is 9.97 Å². The molecule has 0 fully saturated rings. The van der Waals surface area contributed by atoms with E-state index < -0.39 is 0 Å². The van der Waals surface area contributed by atoms with Crippen LogP contribution >= 0.6 is 0 Å². The summed E-state index contributed by atoms with van der Waals surface area (Å²) in [5, 5.41) is 0. The van der Waals surface area contributed by atoms with E-state index in [4.69, 9.17) is 5.73 Å². The number of hydrogen-bond acceptors (Lipinski definition) is 3. The topological polar surface area (TPSA) is 51.8 Å². The third kappa shape index (κ3) is 6.58. The van der Waals surface area contributed by atoms with Crippen LogP contribution in [-0.4, -0.2) is 16.0 Å². The van der Waals surface area contributed by atoms with Crippen molar-refractivity contribution < 1.29 is 0 Å². The van der Waals surface area contributed by atoms with Crippen LogP contribution in [0, 0.1) is 5.92 Å². The molecule has 25 heavy (non-hydrogen) atoms. The second-order valence-electron chi connectivity index (χ2n) is 8.20. The van der Waals surface area contributed by atoms with Gasteiger partial charge in [0.1, 0.15) is 0 Å². The summed E-state index contributed by atoms with van der Waals surface area (Å²) >= 11 is 0. The van der Waals surface area contributed by atoms with Crippen molar-refractivity contribution in [3.63, 3.8) is 0 Å². The van der Waals surface area contributed by atoms with E-state index in [1.807, 2.05) is 24.8 Å². The van der Waals surface area contributed by atoms with E-state index in [0.717, 1.165) is 32.1 Å². The average molecular weight is 340 g/mol. The Morgan fingerprint density at radius 3 is 2.40 bits per heavy atom. The zero-order chi connectivity index (χ0) is 18.3. The molecule has 0 aliphatic rings. The van der Waals surface area contributed by atoms with Gasteiger partial charge in [-0.25, -0.2) is 0 Å². The molecule has 0 aliphatic heterocycles. The Morgan fingerprint density at radius 1 is 1.04 bits per heavy atom. The van der Waals surface area contributed by atoms with Crippen molar-refractivity contribution in [2.45, 2.75) is 71.3 Å². The van der Waals surface area contributed by atoms with Gasteiger partial charge < -0.3 is 5.73 Å². The molecule has 0 bridgehead atoms. The van der Waals surface area contributed by atoms with Gasteiger partial charge in [-0.1, -0.05) is 40.2 Å². The number of aryl methyl sites for hydroxylation is 1. The summed E-state index contributed by atoms with van der Waals surface area (Å²) in [6.07, 6.45) is 13.1. The van der Waals surface area contributed by atoms with Crippen LogP contribution in [0.4, 0.5) is 0 Å². The lowest BCUT2D eigenvalue weighted by atomic mass is 9.86. The fraction of sp³-hybridized carbons (Fsp3) is 0.545. The Balaban J connectivity index is 1.86. The summed E-state index contributed by atoms with van der Waals surface area (Å²) in [6, 6.07) is 6.74. The SMILES string of the molecule is CCC(Cc1ccncc1)C[C@H](N)CCc1cncc(C(C)(C)C)c1. The third-order valence-electron chi connectivity index (χ3n) is 4.95. The van der Waals surface area contributed by atoms with Gasteiger partial charge in [-0.2, -0.15) is 0 Å². The molecular weight excluding hydrogens is 306 g/mol. The Hall–Kier alpha value is -1.74. The van der Waals surface area contributed by atoms with Crippen LogP contribution in [0.5, 0.6) is 0 Å². The van der Waals surface area contributed by atoms with Crippen molar-refractivity contribution in [2.24, 2.45) is 11.7 Å². The fourth-order valence-electron chi connectivity index (χ4n) is 3.18. The molecule has 0 saturated heterocycles. The van der Waals surface area contributed by atoms with Gasteiger partial charge in [0.25, 0.3) is 0 Å². The molecule has 3 heteroatoms. The minimum absolute atomic E-state index is 0.142. The number of aromatic nitrogens is 2. The maximum absolute atomic E-state index is 6.44. The molecule has 3 nitrogen and oxygen atoms in total. The molecule has 0 saturated carbocycles. The van der Waals surface area contributed by atoms with E-state index in [9.17, 15) is 0 Å². The highest BCUT2D eigenvalue weighted by atomic mass is 14.6. The minimum atomic E-state index is 0.142. The number of rotatable bonds is 8. The highest BCUT2D eigenvalue weighted by molar-refractivity contribution is 5.24. The number of nitrogens with two attached hydrogens (primary N) is 1. The van der Waals surface area contributed by atoms with Gasteiger partial charge in [0.2, 0.25) is 0 Å². The summed E-state index contributed by atoms with van der Waals surface area (Å²) in [6.45, 7) is 8.94. The monoisotopic (exact) mass is 339 g/mol. The molecule has 2 heterocycles. The normalized spacial score (nSPS) is 14.3. The van der Waals surface area contributed by atoms with E-state index in [1.54, 1.807) is 0 Å². The molecule has 2 N–H and O–H groups in total. The van der Waals surface area contributed by atoms with E-state index in [1.165, 1.54) is 16.7 Å². The molecule has 0 aliphatic carbocycles. The number of hydrogen-bond donors (Lipinski definition) is 1. The largest absolute Gasteiger partial charge is 0.328 e. The predicted octanol–water partition coefficient (Wildman–Crippen LogP) is 4.69. The van der Waals surface area contributed by atoms with E-state index >= 15 is 0 Å². The van der Waals surface area contributed by atoms with Crippen LogP contribution in [0.15, 0.2) is 43.0 Å². The first-order chi connectivity index (χ1) is 11.9. The van der Waals surface area contributed by atoms with E-state index in [-0.39, 0.29) is 11.5 Å². The minimum Gasteiger partial charge on any atom is -0.328 e. The maximum Gasteiger partial charge on any atom is 0.0305 e. The van der Waals surface area contributed by atoms with Crippen LogP contribution in [0.2, 0.25) is 0 Å². The van der Waals surface area contributed by atoms with Crippen molar-refractivity contribution in [2.75, 3.05) is 0 Å². The molecule has 136 valence electrons. The summed E-state index contributed by atoms with van der Waals surface area (Å²) in [7, 11) is 0. The second kappa shape index (κ2) is 9.10. The van der Waals surface area contributed by atoms with Gasteiger partial charge in [-0.3, -0.25) is 9.97 Å². The molecule has 2 aromatic rings. The van der Waals surface area contributed by atoms with Crippen LogP contribution in [0.1, 0.15) is 63.6 Å². The van der Waals surface area contributed by atoms with Gasteiger partial charge in [0.05, 0.1) is 0 Å². The summed E-state index contributed by atoms with van der Waals surface area (Å²) in [5.74, 6) is 0.636. The lowest BCUT2D eigenvalue weighted by molar-refractivity contribution is 0.405. The molecular formula is C22H33N3. The summed E-state index contributed by atoms with van der Waals surface area (Å²) in [4.78, 5) is 8.51. The van der Waals surface area contributed by atoms with E-state index in [0.29, 0.717) is 5.92 Å². The summed E-state index contributed by atoms with van der Waals surface area (Å²) in [5.41, 5.74) is 10.5. The van der Waals surface area contributed by atoms with Gasteiger partial charge in [0, 0.05) is 30.8 Å². The van der Waals surface area contributed by atoms with E-state index in [2.05, 4.69) is 55.9 Å². The van der Waals surface area contributed by atoms with Crippen LogP contribution in [0.3, 0.4) is 0 Å². The first-order valence-electron chi connectivity index (χ1n) is 9.47. The average Bonchev–Trinajstić information content (AvgIpc) is 2.60. The Bertz CT molecular complexity index is 631. The number of pyridine rings is 2. The lowest BCUT2D eigenvalue weighted by Crippen LogP contribution is -2.25. The Labute approximate surface area is 153 Å². The van der Waals surface area contributed by atoms with Gasteiger partial charge in [0.15, 0.2) is 0 Å². The molecule has 1 unspecified atom stereocenters. The van der Waals surface area contributed by atoms with Crippen LogP contribution < -0.4 is 5.73 Å². The molecule has 0 amide bonds. The maximum atomic E-state index is 6.44. The first kappa shape index (κ1) is 19.6. The lowest BCUT2D eigenvalue weighted by Gasteiger charge is -2.21. The first-order valence-corrected chi connectivity index (χ1v) is 9.47. The molecule has 2 atom stereocenters. The molecule has 0 aromatic carbocycles. The highest BCUT2D eigenvalue weighted by Gasteiger charge is 2.16. The van der Waals surface area contributed by atoms with Crippen LogP contribution in [-0.2, 0) is 18.3 Å². The molecule has 0 spiro atoms. The Kier molecular flexibility index (Phi) is 7.12. The zero-order valence-corrected chi connectivity index (χ0v) is 16.2. The van der Waals surface area contributed by atoms with Crippen molar-refractivity contribution in [3.05, 3.63) is 59.7 Å². The van der Waals surface area contributed by atoms with Gasteiger partial charge >= 0.3 is 0 Å². The molecule has 2 rings (SSSR count). The molecule has 2 aromatic heterocycles. The van der Waals surface area contributed by atoms with Gasteiger partial charge in [-0.15, -0.1) is 0 Å². The Morgan fingerprint density at radius 2 is 1.76 bits per heavy atom. The van der Waals surface area contributed by atoms with Crippen molar-refractivity contribution in [1.29, 1.82) is 0 Å². The quantitative estimate of drug-likeness (QED) is 0.759. The predicted molar refractivity (Wildman–Crippen MR) is 106 cm³/mol. The fourth-order valence-corrected chi connectivity index (χ4v) is 3.18. The standard InChI is InChI=1S/C22H33N3/c1-5-17(12-18-8-10-24-11-9-18)14-21(23)7-6-19-13-20(16-25-15-19)22(2,3)4/h8-11,13,15-17,21H,5-7,12,14,23H2,1-4H3/t17?,21-/m1/s1. The summed E-state index contributed by atoms with van der Waals surface area (Å²) < 4.78 is 0. The second-order valence-corrected chi connectivity index (χ2v) is 8.20. The van der Waals surface area contributed by atoms with Crippen molar-refractivity contribution in [3.8, 4) is 0 Å². The van der Waals surface area contributed by atoms with Gasteiger partial charge in [-0.05, 0) is 65.8 Å². The highest BCUT2D eigenvalue weighted by Crippen LogP contribution is 2.23. The smallest absolute Gasteiger partial charge is 0.0305 e. The van der Waals surface area contributed by atoms with Crippen LogP contribution in [0.25, 0.3) is 0 Å².